The van der Waals surface area contributed by atoms with Crippen molar-refractivity contribution in [3.63, 3.8) is 0 Å². The van der Waals surface area contributed by atoms with Crippen LogP contribution in [0.3, 0.4) is 0 Å². The number of aryl methyl sites for hydroxylation is 2. The van der Waals surface area contributed by atoms with Crippen molar-refractivity contribution in [2.75, 3.05) is 0 Å². The van der Waals surface area contributed by atoms with Gasteiger partial charge in [0.1, 0.15) is 0 Å². The number of benzene rings is 2. The molecule has 0 saturated carbocycles. The Bertz CT molecular complexity index is 823. The maximum atomic E-state index is 6.42. The van der Waals surface area contributed by atoms with Crippen LogP contribution in [0.15, 0.2) is 48.5 Å². The monoisotopic (exact) mass is 293 g/mol. The topological polar surface area (TPSA) is 12.9 Å². The van der Waals surface area contributed by atoms with Crippen LogP contribution in [-0.4, -0.2) is 4.98 Å². The van der Waals surface area contributed by atoms with Crippen LogP contribution in [0, 0.1) is 0 Å². The predicted octanol–water partition coefficient (Wildman–Crippen LogP) is 5.43. The van der Waals surface area contributed by atoms with Crippen LogP contribution in [0.2, 0.25) is 5.02 Å². The number of rotatable bonds is 1. The van der Waals surface area contributed by atoms with E-state index >= 15 is 0 Å². The molecule has 0 radical (unpaired) electrons. The normalized spacial score (nSPS) is 14.1. The first-order chi connectivity index (χ1) is 10.3. The molecule has 1 aromatic heterocycles. The molecular weight excluding hydrogens is 278 g/mol. The molecule has 0 fully saturated rings. The molecule has 1 heterocycles. The van der Waals surface area contributed by atoms with Gasteiger partial charge in [-0.3, -0.25) is 0 Å². The van der Waals surface area contributed by atoms with Crippen LogP contribution in [0.1, 0.15) is 24.0 Å². The number of halogens is 1. The van der Waals surface area contributed by atoms with Crippen molar-refractivity contribution < 1.29 is 0 Å². The molecule has 2 aromatic carbocycles. The summed E-state index contributed by atoms with van der Waals surface area (Å²) in [5.74, 6) is 0. The van der Waals surface area contributed by atoms with Crippen molar-refractivity contribution in [2.24, 2.45) is 0 Å². The number of fused-ring (bicyclic) bond motifs is 2. The Labute approximate surface area is 129 Å². The number of aromatic nitrogens is 1. The molecule has 2 heteroatoms. The molecule has 0 aliphatic heterocycles. The highest BCUT2D eigenvalue weighted by atomic mass is 35.5. The Kier molecular flexibility index (Phi) is 3.16. The second-order valence-electron chi connectivity index (χ2n) is 5.70. The van der Waals surface area contributed by atoms with E-state index in [1.807, 2.05) is 30.3 Å². The van der Waals surface area contributed by atoms with Gasteiger partial charge in [-0.25, -0.2) is 4.98 Å². The highest BCUT2D eigenvalue weighted by molar-refractivity contribution is 6.35. The second kappa shape index (κ2) is 5.16. The summed E-state index contributed by atoms with van der Waals surface area (Å²) in [5.41, 5.74) is 6.06. The summed E-state index contributed by atoms with van der Waals surface area (Å²) in [7, 11) is 0. The van der Waals surface area contributed by atoms with Crippen LogP contribution >= 0.6 is 11.6 Å². The van der Waals surface area contributed by atoms with Crippen LogP contribution < -0.4 is 0 Å². The average molecular weight is 294 g/mol. The zero-order chi connectivity index (χ0) is 14.2. The van der Waals surface area contributed by atoms with E-state index in [1.54, 1.807) is 0 Å². The van der Waals surface area contributed by atoms with Gasteiger partial charge in [0.25, 0.3) is 0 Å². The number of pyridine rings is 1. The van der Waals surface area contributed by atoms with Gasteiger partial charge >= 0.3 is 0 Å². The zero-order valence-electron chi connectivity index (χ0n) is 11.8. The Morgan fingerprint density at radius 1 is 0.857 bits per heavy atom. The molecule has 1 nitrogen and oxygen atoms in total. The predicted molar refractivity (Wildman–Crippen MR) is 88.8 cm³/mol. The minimum atomic E-state index is 0.772. The van der Waals surface area contributed by atoms with E-state index in [1.165, 1.54) is 42.4 Å². The first kappa shape index (κ1) is 12.8. The third kappa shape index (κ3) is 2.32. The molecule has 4 rings (SSSR count). The lowest BCUT2D eigenvalue weighted by molar-refractivity contribution is 0.686. The summed E-state index contributed by atoms with van der Waals surface area (Å²) in [6, 6.07) is 16.7. The van der Waals surface area contributed by atoms with Gasteiger partial charge in [-0.05, 0) is 55.0 Å². The van der Waals surface area contributed by atoms with Gasteiger partial charge in [0.2, 0.25) is 0 Å². The van der Waals surface area contributed by atoms with Crippen LogP contribution in [0.5, 0.6) is 0 Å². The van der Waals surface area contributed by atoms with Crippen molar-refractivity contribution in [3.8, 4) is 11.3 Å². The number of hydrogen-bond donors (Lipinski definition) is 0. The molecular formula is C19H16ClN. The summed E-state index contributed by atoms with van der Waals surface area (Å²) in [6.07, 6.45) is 5.00. The Balaban J connectivity index is 1.86. The molecule has 0 atom stereocenters. The van der Waals surface area contributed by atoms with Crippen molar-refractivity contribution in [1.82, 2.24) is 4.98 Å². The Morgan fingerprint density at radius 2 is 1.67 bits per heavy atom. The lowest BCUT2D eigenvalue weighted by atomic mass is 9.90. The van der Waals surface area contributed by atoms with Gasteiger partial charge < -0.3 is 0 Å². The summed E-state index contributed by atoms with van der Waals surface area (Å²) in [4.78, 5) is 4.77. The standard InChI is InChI=1S/C19H16ClN/c20-17-12-19(21-18-8-4-3-7-16(17)18)15-10-9-13-5-1-2-6-14(13)11-15/h3-4,7-12H,1-2,5-6H2. The minimum absolute atomic E-state index is 0.772. The summed E-state index contributed by atoms with van der Waals surface area (Å²) in [6.45, 7) is 0. The quantitative estimate of drug-likeness (QED) is 0.582. The van der Waals surface area contributed by atoms with Gasteiger partial charge in [0, 0.05) is 10.9 Å². The highest BCUT2D eigenvalue weighted by Crippen LogP contribution is 2.30. The number of para-hydroxylation sites is 1. The number of hydrogen-bond acceptors (Lipinski definition) is 1. The largest absolute Gasteiger partial charge is 0.248 e. The summed E-state index contributed by atoms with van der Waals surface area (Å²) >= 11 is 6.42. The summed E-state index contributed by atoms with van der Waals surface area (Å²) < 4.78 is 0. The van der Waals surface area contributed by atoms with Crippen LogP contribution in [-0.2, 0) is 12.8 Å². The fourth-order valence-corrected chi connectivity index (χ4v) is 3.44. The Hall–Kier alpha value is -1.86. The molecule has 0 amide bonds. The Morgan fingerprint density at radius 3 is 2.57 bits per heavy atom. The van der Waals surface area contributed by atoms with Gasteiger partial charge in [-0.2, -0.15) is 0 Å². The number of nitrogens with zero attached hydrogens (tertiary/aromatic N) is 1. The van der Waals surface area contributed by atoms with E-state index in [2.05, 4.69) is 18.2 Å². The van der Waals surface area contributed by atoms with Crippen molar-refractivity contribution in [3.05, 3.63) is 64.7 Å². The van der Waals surface area contributed by atoms with Crippen molar-refractivity contribution >= 4 is 22.5 Å². The molecule has 0 N–H and O–H groups in total. The fourth-order valence-electron chi connectivity index (χ4n) is 3.17. The zero-order valence-corrected chi connectivity index (χ0v) is 12.5. The second-order valence-corrected chi connectivity index (χ2v) is 6.10. The lowest BCUT2D eigenvalue weighted by Gasteiger charge is -2.16. The smallest absolute Gasteiger partial charge is 0.0724 e. The first-order valence-electron chi connectivity index (χ1n) is 7.49. The van der Waals surface area contributed by atoms with Gasteiger partial charge in [-0.15, -0.1) is 0 Å². The molecule has 0 unspecified atom stereocenters. The molecule has 104 valence electrons. The molecule has 0 saturated heterocycles. The van der Waals surface area contributed by atoms with E-state index in [9.17, 15) is 0 Å². The molecule has 1 aliphatic rings. The lowest BCUT2D eigenvalue weighted by Crippen LogP contribution is -2.02. The minimum Gasteiger partial charge on any atom is -0.248 e. The van der Waals surface area contributed by atoms with E-state index in [0.29, 0.717) is 0 Å². The van der Waals surface area contributed by atoms with E-state index < -0.39 is 0 Å². The van der Waals surface area contributed by atoms with Gasteiger partial charge in [-0.1, -0.05) is 41.9 Å². The van der Waals surface area contributed by atoms with E-state index in [-0.39, 0.29) is 0 Å². The van der Waals surface area contributed by atoms with Crippen LogP contribution in [0.4, 0.5) is 0 Å². The SMILES string of the molecule is Clc1cc(-c2ccc3c(c2)CCCC3)nc2ccccc12. The molecule has 21 heavy (non-hydrogen) atoms. The molecule has 0 bridgehead atoms. The maximum Gasteiger partial charge on any atom is 0.0724 e. The summed E-state index contributed by atoms with van der Waals surface area (Å²) in [5, 5.41) is 1.79. The average Bonchev–Trinajstić information content (AvgIpc) is 2.54. The maximum absolute atomic E-state index is 6.42. The first-order valence-corrected chi connectivity index (χ1v) is 7.86. The van der Waals surface area contributed by atoms with Gasteiger partial charge in [0.05, 0.1) is 16.2 Å². The third-order valence-corrected chi connectivity index (χ3v) is 4.62. The van der Waals surface area contributed by atoms with Gasteiger partial charge in [0.15, 0.2) is 0 Å². The molecule has 1 aliphatic carbocycles. The molecule has 3 aromatic rings. The van der Waals surface area contributed by atoms with Crippen LogP contribution in [0.25, 0.3) is 22.2 Å². The molecule has 0 spiro atoms. The highest BCUT2D eigenvalue weighted by Gasteiger charge is 2.12. The third-order valence-electron chi connectivity index (χ3n) is 4.31. The van der Waals surface area contributed by atoms with Crippen molar-refractivity contribution in [2.45, 2.75) is 25.7 Å². The van der Waals surface area contributed by atoms with Crippen molar-refractivity contribution in [1.29, 1.82) is 0 Å². The fraction of sp³-hybridized carbons (Fsp3) is 0.211. The van der Waals surface area contributed by atoms with E-state index in [4.69, 9.17) is 16.6 Å². The van der Waals surface area contributed by atoms with E-state index in [0.717, 1.165) is 21.6 Å².